The van der Waals surface area contributed by atoms with Crippen LogP contribution in [0.1, 0.15) is 0 Å². The third kappa shape index (κ3) is 3.42. The molecule has 94 valence electrons. The standard InChI is InChI=1S/C15H17NO2/c1-17-14-9-5-6-10-15(14)18-12-11-16-13-7-3-2-4-8-13/h2-10,16H,11-12H2,1H3. The van der Waals surface area contributed by atoms with Gasteiger partial charge in [-0.25, -0.2) is 0 Å². The minimum Gasteiger partial charge on any atom is -0.493 e. The summed E-state index contributed by atoms with van der Waals surface area (Å²) in [7, 11) is 1.64. The van der Waals surface area contributed by atoms with Gasteiger partial charge in [-0.05, 0) is 24.3 Å². The fraction of sp³-hybridized carbons (Fsp3) is 0.200. The van der Waals surface area contributed by atoms with Crippen LogP contribution in [0.3, 0.4) is 0 Å². The molecule has 0 atom stereocenters. The third-order valence-corrected chi connectivity index (χ3v) is 2.53. The summed E-state index contributed by atoms with van der Waals surface area (Å²) in [5.41, 5.74) is 1.10. The lowest BCUT2D eigenvalue weighted by Gasteiger charge is -2.11. The molecule has 3 nitrogen and oxygen atoms in total. The predicted molar refractivity (Wildman–Crippen MR) is 73.4 cm³/mol. The first-order valence-electron chi connectivity index (χ1n) is 5.95. The molecule has 0 aliphatic rings. The van der Waals surface area contributed by atoms with Crippen LogP contribution in [-0.2, 0) is 0 Å². The summed E-state index contributed by atoms with van der Waals surface area (Å²) >= 11 is 0. The van der Waals surface area contributed by atoms with Crippen LogP contribution in [0.2, 0.25) is 0 Å². The summed E-state index contributed by atoms with van der Waals surface area (Å²) in [5, 5.41) is 3.29. The van der Waals surface area contributed by atoms with Crippen molar-refractivity contribution in [2.24, 2.45) is 0 Å². The molecule has 2 aromatic carbocycles. The van der Waals surface area contributed by atoms with E-state index in [1.807, 2.05) is 54.6 Å². The lowest BCUT2D eigenvalue weighted by Crippen LogP contribution is -2.11. The minimum atomic E-state index is 0.593. The fourth-order valence-corrected chi connectivity index (χ4v) is 1.65. The highest BCUT2D eigenvalue weighted by atomic mass is 16.5. The van der Waals surface area contributed by atoms with Gasteiger partial charge in [0.2, 0.25) is 0 Å². The van der Waals surface area contributed by atoms with Crippen molar-refractivity contribution in [1.29, 1.82) is 0 Å². The summed E-state index contributed by atoms with van der Waals surface area (Å²) in [4.78, 5) is 0. The van der Waals surface area contributed by atoms with E-state index in [2.05, 4.69) is 5.32 Å². The molecule has 0 aromatic heterocycles. The molecule has 2 aromatic rings. The summed E-state index contributed by atoms with van der Waals surface area (Å²) in [5.74, 6) is 1.53. The number of nitrogens with one attached hydrogen (secondary N) is 1. The summed E-state index contributed by atoms with van der Waals surface area (Å²) in [6.07, 6.45) is 0. The second-order valence-electron chi connectivity index (χ2n) is 3.79. The summed E-state index contributed by atoms with van der Waals surface area (Å²) in [6.45, 7) is 1.34. The number of rotatable bonds is 6. The van der Waals surface area contributed by atoms with Crippen LogP contribution in [-0.4, -0.2) is 20.3 Å². The van der Waals surface area contributed by atoms with E-state index in [1.165, 1.54) is 0 Å². The molecular formula is C15H17NO2. The van der Waals surface area contributed by atoms with E-state index in [0.29, 0.717) is 6.61 Å². The predicted octanol–water partition coefficient (Wildman–Crippen LogP) is 3.19. The lowest BCUT2D eigenvalue weighted by molar-refractivity contribution is 0.306. The van der Waals surface area contributed by atoms with Gasteiger partial charge in [-0.1, -0.05) is 30.3 Å². The summed E-state index contributed by atoms with van der Waals surface area (Å²) in [6, 6.07) is 17.7. The van der Waals surface area contributed by atoms with Crippen molar-refractivity contribution in [1.82, 2.24) is 0 Å². The van der Waals surface area contributed by atoms with Crippen molar-refractivity contribution < 1.29 is 9.47 Å². The Labute approximate surface area is 107 Å². The fourth-order valence-electron chi connectivity index (χ4n) is 1.65. The number of ether oxygens (including phenoxy) is 2. The molecule has 0 saturated carbocycles. The van der Waals surface area contributed by atoms with Gasteiger partial charge in [0.15, 0.2) is 11.5 Å². The first kappa shape index (κ1) is 12.3. The molecule has 0 fully saturated rings. The van der Waals surface area contributed by atoms with Crippen molar-refractivity contribution in [3.8, 4) is 11.5 Å². The maximum absolute atomic E-state index is 5.66. The molecule has 0 spiro atoms. The van der Waals surface area contributed by atoms with E-state index in [1.54, 1.807) is 7.11 Å². The second kappa shape index (κ2) is 6.55. The Morgan fingerprint density at radius 3 is 2.28 bits per heavy atom. The highest BCUT2D eigenvalue weighted by Crippen LogP contribution is 2.25. The number of anilines is 1. The first-order valence-corrected chi connectivity index (χ1v) is 5.95. The quantitative estimate of drug-likeness (QED) is 0.790. The van der Waals surface area contributed by atoms with Gasteiger partial charge in [-0.3, -0.25) is 0 Å². The largest absolute Gasteiger partial charge is 0.493 e. The Kier molecular flexibility index (Phi) is 4.47. The Morgan fingerprint density at radius 2 is 1.56 bits per heavy atom. The summed E-state index contributed by atoms with van der Waals surface area (Å²) < 4.78 is 10.9. The molecule has 0 unspecified atom stereocenters. The topological polar surface area (TPSA) is 30.5 Å². The highest BCUT2D eigenvalue weighted by Gasteiger charge is 2.01. The number of methoxy groups -OCH3 is 1. The first-order chi connectivity index (χ1) is 8.90. The molecule has 2 rings (SSSR count). The molecule has 0 aliphatic carbocycles. The van der Waals surface area contributed by atoms with E-state index in [9.17, 15) is 0 Å². The zero-order chi connectivity index (χ0) is 12.6. The number of hydrogen-bond acceptors (Lipinski definition) is 3. The van der Waals surface area contributed by atoms with Gasteiger partial charge in [0.1, 0.15) is 6.61 Å². The van der Waals surface area contributed by atoms with E-state index in [-0.39, 0.29) is 0 Å². The van der Waals surface area contributed by atoms with E-state index >= 15 is 0 Å². The van der Waals surface area contributed by atoms with Crippen LogP contribution in [0, 0.1) is 0 Å². The van der Waals surface area contributed by atoms with Crippen molar-refractivity contribution in [3.63, 3.8) is 0 Å². The third-order valence-electron chi connectivity index (χ3n) is 2.53. The van der Waals surface area contributed by atoms with E-state index in [0.717, 1.165) is 23.7 Å². The van der Waals surface area contributed by atoms with Gasteiger partial charge in [0.05, 0.1) is 7.11 Å². The van der Waals surface area contributed by atoms with Gasteiger partial charge in [0.25, 0.3) is 0 Å². The lowest BCUT2D eigenvalue weighted by atomic mass is 10.3. The van der Waals surface area contributed by atoms with Crippen molar-refractivity contribution in [3.05, 3.63) is 54.6 Å². The van der Waals surface area contributed by atoms with Crippen molar-refractivity contribution >= 4 is 5.69 Å². The highest BCUT2D eigenvalue weighted by molar-refractivity contribution is 5.42. The normalized spacial score (nSPS) is 9.83. The number of para-hydroxylation sites is 3. The molecule has 3 heteroatoms. The SMILES string of the molecule is COc1ccccc1OCCNc1ccccc1. The van der Waals surface area contributed by atoms with Crippen molar-refractivity contribution in [2.75, 3.05) is 25.6 Å². The van der Waals surface area contributed by atoms with Crippen LogP contribution in [0.15, 0.2) is 54.6 Å². The Bertz CT molecular complexity index is 471. The zero-order valence-electron chi connectivity index (χ0n) is 10.4. The molecule has 0 aliphatic heterocycles. The van der Waals surface area contributed by atoms with E-state index < -0.39 is 0 Å². The molecule has 18 heavy (non-hydrogen) atoms. The van der Waals surface area contributed by atoms with Crippen LogP contribution in [0.5, 0.6) is 11.5 Å². The monoisotopic (exact) mass is 243 g/mol. The van der Waals surface area contributed by atoms with Gasteiger partial charge in [-0.15, -0.1) is 0 Å². The zero-order valence-corrected chi connectivity index (χ0v) is 10.4. The Morgan fingerprint density at radius 1 is 0.889 bits per heavy atom. The molecule has 0 radical (unpaired) electrons. The smallest absolute Gasteiger partial charge is 0.161 e. The second-order valence-corrected chi connectivity index (χ2v) is 3.79. The Hall–Kier alpha value is -2.16. The molecule has 0 saturated heterocycles. The maximum atomic E-state index is 5.66. The minimum absolute atomic E-state index is 0.593. The van der Waals surface area contributed by atoms with Crippen LogP contribution in [0.4, 0.5) is 5.69 Å². The molecule has 0 heterocycles. The molecule has 0 bridgehead atoms. The average Bonchev–Trinajstić information content (AvgIpc) is 2.45. The van der Waals surface area contributed by atoms with Crippen LogP contribution < -0.4 is 14.8 Å². The van der Waals surface area contributed by atoms with Crippen LogP contribution >= 0.6 is 0 Å². The molecule has 1 N–H and O–H groups in total. The Balaban J connectivity index is 1.78. The van der Waals surface area contributed by atoms with E-state index in [4.69, 9.17) is 9.47 Å². The van der Waals surface area contributed by atoms with Crippen LogP contribution in [0.25, 0.3) is 0 Å². The van der Waals surface area contributed by atoms with Crippen molar-refractivity contribution in [2.45, 2.75) is 0 Å². The maximum Gasteiger partial charge on any atom is 0.161 e. The van der Waals surface area contributed by atoms with Gasteiger partial charge >= 0.3 is 0 Å². The molecule has 0 amide bonds. The van der Waals surface area contributed by atoms with Gasteiger partial charge < -0.3 is 14.8 Å². The number of benzene rings is 2. The average molecular weight is 243 g/mol. The van der Waals surface area contributed by atoms with Gasteiger partial charge in [-0.2, -0.15) is 0 Å². The van der Waals surface area contributed by atoms with Gasteiger partial charge in [0, 0.05) is 12.2 Å². The molecular weight excluding hydrogens is 226 g/mol. The number of hydrogen-bond donors (Lipinski definition) is 1.